The maximum Gasteiger partial charge on any atom is 0.303 e. The molecule has 0 bridgehead atoms. The summed E-state index contributed by atoms with van der Waals surface area (Å²) in [6.07, 6.45) is 15.8. The Kier molecular flexibility index (Phi) is 10.7. The zero-order valence-electron chi connectivity index (χ0n) is 14.9. The summed E-state index contributed by atoms with van der Waals surface area (Å²) in [7, 11) is 0. The minimum Gasteiger partial charge on any atom is -0.481 e. The third kappa shape index (κ3) is 8.65. The second kappa shape index (κ2) is 12.3. The molecule has 138 valence electrons. The molecule has 1 fully saturated rings. The molecule has 0 radical (unpaired) electrons. The van der Waals surface area contributed by atoms with Crippen molar-refractivity contribution in [3.8, 4) is 0 Å². The lowest BCUT2D eigenvalue weighted by Crippen LogP contribution is -2.18. The fourth-order valence-corrected chi connectivity index (χ4v) is 3.42. The highest BCUT2D eigenvalue weighted by atomic mass is 16.4. The van der Waals surface area contributed by atoms with Crippen LogP contribution >= 0.6 is 0 Å². The molecule has 1 aliphatic rings. The minimum absolute atomic E-state index is 0.170. The van der Waals surface area contributed by atoms with Gasteiger partial charge in [-0.3, -0.25) is 4.79 Å². The summed E-state index contributed by atoms with van der Waals surface area (Å²) in [5.41, 5.74) is 0. The Morgan fingerprint density at radius 3 is 2.67 bits per heavy atom. The van der Waals surface area contributed by atoms with E-state index in [1.54, 1.807) is 0 Å². The molecular weight excluding hydrogens is 304 g/mol. The lowest BCUT2D eigenvalue weighted by atomic mass is 9.89. The van der Waals surface area contributed by atoms with Crippen molar-refractivity contribution < 1.29 is 20.1 Å². The number of hydrogen-bond acceptors (Lipinski definition) is 3. The molecule has 4 heteroatoms. The van der Waals surface area contributed by atoms with Gasteiger partial charge in [0.1, 0.15) is 0 Å². The first-order valence-corrected chi connectivity index (χ1v) is 9.45. The summed E-state index contributed by atoms with van der Waals surface area (Å²) < 4.78 is 0. The number of unbranched alkanes of at least 4 members (excludes halogenated alkanes) is 2. The van der Waals surface area contributed by atoms with Gasteiger partial charge < -0.3 is 15.3 Å². The van der Waals surface area contributed by atoms with Gasteiger partial charge in [-0.1, -0.05) is 50.5 Å². The van der Waals surface area contributed by atoms with Crippen LogP contribution in [0.4, 0.5) is 0 Å². The Morgan fingerprint density at radius 1 is 1.21 bits per heavy atom. The van der Waals surface area contributed by atoms with Crippen molar-refractivity contribution in [2.45, 2.75) is 83.3 Å². The molecule has 0 aromatic rings. The third-order valence-corrected chi connectivity index (χ3v) is 4.88. The number of aliphatic hydroxyl groups excluding tert-OH is 2. The molecule has 0 amide bonds. The SMILES string of the molecule is CCCCCC(O)C=CC1CCC(O)C1CCC=CCCC(=O)O. The molecule has 0 aromatic carbocycles. The van der Waals surface area contributed by atoms with Gasteiger partial charge in [-0.2, -0.15) is 0 Å². The lowest BCUT2D eigenvalue weighted by molar-refractivity contribution is -0.136. The van der Waals surface area contributed by atoms with Gasteiger partial charge >= 0.3 is 5.97 Å². The number of allylic oxidation sites excluding steroid dienone is 3. The van der Waals surface area contributed by atoms with E-state index in [0.29, 0.717) is 12.3 Å². The molecule has 1 rings (SSSR count). The average Bonchev–Trinajstić information content (AvgIpc) is 2.89. The molecule has 0 aliphatic heterocycles. The van der Waals surface area contributed by atoms with Crippen LogP contribution in [-0.4, -0.2) is 33.5 Å². The van der Waals surface area contributed by atoms with Crippen LogP contribution in [0.3, 0.4) is 0 Å². The average molecular weight is 338 g/mol. The summed E-state index contributed by atoms with van der Waals surface area (Å²) in [4.78, 5) is 10.4. The first-order chi connectivity index (χ1) is 11.5. The molecule has 0 heterocycles. The summed E-state index contributed by atoms with van der Waals surface area (Å²) >= 11 is 0. The number of carboxylic acid groups (broad SMARTS) is 1. The number of aliphatic hydroxyl groups is 2. The normalized spacial score (nSPS) is 25.7. The largest absolute Gasteiger partial charge is 0.481 e. The third-order valence-electron chi connectivity index (χ3n) is 4.88. The standard InChI is InChI=1S/C20H34O4/c1-2-3-6-9-17(21)14-12-16-13-15-19(22)18(16)10-7-4-5-8-11-20(23)24/h4-5,12,14,16-19,21-22H,2-3,6-11,13,15H2,1H3,(H,23,24). The highest BCUT2D eigenvalue weighted by Crippen LogP contribution is 2.36. The van der Waals surface area contributed by atoms with E-state index in [1.165, 1.54) is 0 Å². The molecule has 3 N–H and O–H groups in total. The maximum absolute atomic E-state index is 10.4. The predicted molar refractivity (Wildman–Crippen MR) is 96.8 cm³/mol. The molecule has 0 aromatic heterocycles. The Labute approximate surface area is 146 Å². The van der Waals surface area contributed by atoms with Crippen LogP contribution in [0.5, 0.6) is 0 Å². The van der Waals surface area contributed by atoms with Crippen LogP contribution in [0, 0.1) is 11.8 Å². The Balaban J connectivity index is 2.34. The van der Waals surface area contributed by atoms with Crippen molar-refractivity contribution in [1.29, 1.82) is 0 Å². The van der Waals surface area contributed by atoms with Gasteiger partial charge in [-0.05, 0) is 50.4 Å². The quantitative estimate of drug-likeness (QED) is 0.370. The molecular formula is C20H34O4. The minimum atomic E-state index is -0.770. The van der Waals surface area contributed by atoms with E-state index in [0.717, 1.165) is 51.4 Å². The van der Waals surface area contributed by atoms with Gasteiger partial charge in [-0.15, -0.1) is 0 Å². The van der Waals surface area contributed by atoms with Gasteiger partial charge in [0.2, 0.25) is 0 Å². The zero-order valence-corrected chi connectivity index (χ0v) is 14.9. The van der Waals surface area contributed by atoms with Crippen molar-refractivity contribution in [3.05, 3.63) is 24.3 Å². The fraction of sp³-hybridized carbons (Fsp3) is 0.750. The number of carboxylic acids is 1. The van der Waals surface area contributed by atoms with E-state index in [1.807, 2.05) is 18.2 Å². The van der Waals surface area contributed by atoms with Crippen LogP contribution in [-0.2, 0) is 4.79 Å². The van der Waals surface area contributed by atoms with Crippen LogP contribution < -0.4 is 0 Å². The first-order valence-electron chi connectivity index (χ1n) is 9.45. The topological polar surface area (TPSA) is 77.8 Å². The van der Waals surface area contributed by atoms with E-state index in [2.05, 4.69) is 13.0 Å². The van der Waals surface area contributed by atoms with E-state index in [-0.39, 0.29) is 24.5 Å². The van der Waals surface area contributed by atoms with Crippen LogP contribution in [0.2, 0.25) is 0 Å². The van der Waals surface area contributed by atoms with Crippen LogP contribution in [0.25, 0.3) is 0 Å². The lowest BCUT2D eigenvalue weighted by Gasteiger charge is -2.19. The summed E-state index contributed by atoms with van der Waals surface area (Å²) in [6, 6.07) is 0. The van der Waals surface area contributed by atoms with Crippen molar-refractivity contribution in [2.24, 2.45) is 11.8 Å². The highest BCUT2D eigenvalue weighted by molar-refractivity contribution is 5.66. The van der Waals surface area contributed by atoms with Gasteiger partial charge in [0, 0.05) is 6.42 Å². The number of aliphatic carboxylic acids is 1. The van der Waals surface area contributed by atoms with Gasteiger partial charge in [0.25, 0.3) is 0 Å². The van der Waals surface area contributed by atoms with Crippen molar-refractivity contribution in [3.63, 3.8) is 0 Å². The molecule has 1 aliphatic carbocycles. The number of rotatable bonds is 12. The van der Waals surface area contributed by atoms with E-state index in [9.17, 15) is 15.0 Å². The van der Waals surface area contributed by atoms with Gasteiger partial charge in [-0.25, -0.2) is 0 Å². The van der Waals surface area contributed by atoms with Gasteiger partial charge in [0.15, 0.2) is 0 Å². The predicted octanol–water partition coefficient (Wildman–Crippen LogP) is 4.07. The van der Waals surface area contributed by atoms with Crippen molar-refractivity contribution in [2.75, 3.05) is 0 Å². The number of carbonyl (C=O) groups is 1. The second-order valence-electron chi connectivity index (χ2n) is 6.90. The summed E-state index contributed by atoms with van der Waals surface area (Å²) in [5.74, 6) is -0.185. The molecule has 4 atom stereocenters. The zero-order chi connectivity index (χ0) is 17.8. The smallest absolute Gasteiger partial charge is 0.303 e. The van der Waals surface area contributed by atoms with E-state index >= 15 is 0 Å². The van der Waals surface area contributed by atoms with Crippen molar-refractivity contribution >= 4 is 5.97 Å². The van der Waals surface area contributed by atoms with Gasteiger partial charge in [0.05, 0.1) is 12.2 Å². The Hall–Kier alpha value is -1.13. The monoisotopic (exact) mass is 338 g/mol. The molecule has 4 nitrogen and oxygen atoms in total. The Morgan fingerprint density at radius 2 is 1.96 bits per heavy atom. The summed E-state index contributed by atoms with van der Waals surface area (Å²) in [6.45, 7) is 2.16. The molecule has 0 saturated heterocycles. The maximum atomic E-state index is 10.4. The summed E-state index contributed by atoms with van der Waals surface area (Å²) in [5, 5.41) is 28.8. The van der Waals surface area contributed by atoms with Crippen LogP contribution in [0.1, 0.15) is 71.1 Å². The molecule has 4 unspecified atom stereocenters. The molecule has 24 heavy (non-hydrogen) atoms. The second-order valence-corrected chi connectivity index (χ2v) is 6.90. The van der Waals surface area contributed by atoms with E-state index < -0.39 is 5.97 Å². The molecule has 1 saturated carbocycles. The Bertz CT molecular complexity index is 402. The first kappa shape index (κ1) is 20.9. The number of hydrogen-bond donors (Lipinski definition) is 3. The fourth-order valence-electron chi connectivity index (χ4n) is 3.42. The molecule has 0 spiro atoms. The van der Waals surface area contributed by atoms with Crippen LogP contribution in [0.15, 0.2) is 24.3 Å². The highest BCUT2D eigenvalue weighted by Gasteiger charge is 2.32. The van der Waals surface area contributed by atoms with Crippen molar-refractivity contribution in [1.82, 2.24) is 0 Å². The van der Waals surface area contributed by atoms with E-state index in [4.69, 9.17) is 5.11 Å².